The number of anilines is 1. The first-order chi connectivity index (χ1) is 13.1. The number of rotatable bonds is 3. The molecule has 1 saturated heterocycles. The van der Waals surface area contributed by atoms with Gasteiger partial charge in [-0.25, -0.2) is 9.69 Å². The van der Waals surface area contributed by atoms with E-state index in [0.717, 1.165) is 24.8 Å². The lowest BCUT2D eigenvalue weighted by Gasteiger charge is -2.47. The molecule has 0 N–H and O–H groups in total. The molecule has 1 heterocycles. The number of aryl methyl sites for hydroxylation is 1. The number of fused-ring (bicyclic) bond motifs is 1. The van der Waals surface area contributed by atoms with Gasteiger partial charge in [-0.2, -0.15) is 0 Å². The second-order valence-corrected chi connectivity index (χ2v) is 8.73. The molecule has 1 aliphatic carbocycles. The van der Waals surface area contributed by atoms with Gasteiger partial charge in [-0.3, -0.25) is 4.79 Å². The van der Waals surface area contributed by atoms with Crippen LogP contribution in [0.5, 0.6) is 0 Å². The Bertz CT molecular complexity index is 854. The van der Waals surface area contributed by atoms with E-state index in [1.165, 1.54) is 10.5 Å². The quantitative estimate of drug-likeness (QED) is 0.654. The highest BCUT2D eigenvalue weighted by atomic mass is 79.9. The number of carbonyl (C=O) groups is 2. The zero-order valence-electron chi connectivity index (χ0n) is 15.3. The number of hydrogen-bond donors (Lipinski definition) is 0. The van der Waals surface area contributed by atoms with Crippen molar-refractivity contribution in [2.24, 2.45) is 5.92 Å². The van der Waals surface area contributed by atoms with E-state index in [2.05, 4.69) is 35.0 Å². The number of halogens is 1. The van der Waals surface area contributed by atoms with Crippen LogP contribution < -0.4 is 4.90 Å². The van der Waals surface area contributed by atoms with Gasteiger partial charge in [0.05, 0.1) is 11.6 Å². The molecule has 3 unspecified atom stereocenters. The van der Waals surface area contributed by atoms with Gasteiger partial charge in [0.15, 0.2) is 0 Å². The summed E-state index contributed by atoms with van der Waals surface area (Å²) in [6.07, 6.45) is 2.61. The Morgan fingerprint density at radius 1 is 1.00 bits per heavy atom. The molecule has 3 amide bonds. The Balaban J connectivity index is 1.72. The second kappa shape index (κ2) is 7.47. The summed E-state index contributed by atoms with van der Waals surface area (Å²) in [5, 5.41) is 0. The maximum Gasteiger partial charge on any atom is 0.331 e. The van der Waals surface area contributed by atoms with Crippen LogP contribution >= 0.6 is 15.9 Å². The summed E-state index contributed by atoms with van der Waals surface area (Å²) in [6.45, 7) is 2.60. The zero-order chi connectivity index (χ0) is 19.0. The van der Waals surface area contributed by atoms with Gasteiger partial charge < -0.3 is 4.90 Å². The number of hydrogen-bond acceptors (Lipinski definition) is 2. The van der Waals surface area contributed by atoms with Crippen molar-refractivity contribution < 1.29 is 9.59 Å². The first-order valence-corrected chi connectivity index (χ1v) is 10.4. The molecule has 4 rings (SSSR count). The Labute approximate surface area is 168 Å². The highest BCUT2D eigenvalue weighted by Crippen LogP contribution is 2.39. The summed E-state index contributed by atoms with van der Waals surface area (Å²) in [6, 6.07) is 17.2. The number of nitrogens with zero attached hydrogens (tertiary/aromatic N) is 2. The third-order valence-electron chi connectivity index (χ3n) is 5.74. The fourth-order valence-electron chi connectivity index (χ4n) is 4.24. The number of carbonyl (C=O) groups excluding carboxylic acids is 2. The Kier molecular flexibility index (Phi) is 5.04. The van der Waals surface area contributed by atoms with E-state index in [1.807, 2.05) is 47.4 Å². The lowest BCUT2D eigenvalue weighted by molar-refractivity contribution is -0.126. The van der Waals surface area contributed by atoms with Gasteiger partial charge in [-0.1, -0.05) is 58.4 Å². The van der Waals surface area contributed by atoms with Gasteiger partial charge in [0.25, 0.3) is 0 Å². The average molecular weight is 427 g/mol. The van der Waals surface area contributed by atoms with Crippen LogP contribution in [0.1, 0.15) is 30.4 Å². The van der Waals surface area contributed by atoms with Crippen LogP contribution in [0.3, 0.4) is 0 Å². The monoisotopic (exact) mass is 426 g/mol. The molecule has 0 spiro atoms. The van der Waals surface area contributed by atoms with Crippen LogP contribution in [0.2, 0.25) is 0 Å². The maximum atomic E-state index is 13.4. The van der Waals surface area contributed by atoms with Crippen molar-refractivity contribution in [1.82, 2.24) is 4.90 Å². The Morgan fingerprint density at radius 3 is 2.44 bits per heavy atom. The minimum Gasteiger partial charge on any atom is -0.316 e. The summed E-state index contributed by atoms with van der Waals surface area (Å²) in [5.41, 5.74) is 2.95. The fourth-order valence-corrected chi connectivity index (χ4v) is 4.91. The molecule has 140 valence electrons. The standard InChI is InChI=1S/C22H23BrN2O2/c1-15-7-5-6-8-16(15)14-24-20-12-11-17(23)13-19(20)21(26)25(22(24)27)18-9-3-2-4-10-18/h2-10,17,19-20H,11-14H2,1H3. The highest BCUT2D eigenvalue weighted by Gasteiger charge is 2.48. The van der Waals surface area contributed by atoms with Crippen molar-refractivity contribution in [2.75, 3.05) is 4.90 Å². The van der Waals surface area contributed by atoms with E-state index in [-0.39, 0.29) is 23.9 Å². The molecular weight excluding hydrogens is 404 g/mol. The van der Waals surface area contributed by atoms with Crippen molar-refractivity contribution in [3.8, 4) is 0 Å². The largest absolute Gasteiger partial charge is 0.331 e. The van der Waals surface area contributed by atoms with E-state index in [0.29, 0.717) is 17.1 Å². The van der Waals surface area contributed by atoms with Gasteiger partial charge in [0.1, 0.15) is 0 Å². The van der Waals surface area contributed by atoms with Crippen LogP contribution in [-0.4, -0.2) is 27.7 Å². The summed E-state index contributed by atoms with van der Waals surface area (Å²) in [7, 11) is 0. The molecule has 4 nitrogen and oxygen atoms in total. The van der Waals surface area contributed by atoms with Crippen molar-refractivity contribution in [3.05, 3.63) is 65.7 Å². The first-order valence-electron chi connectivity index (χ1n) is 9.44. The molecule has 1 aliphatic heterocycles. The van der Waals surface area contributed by atoms with Gasteiger partial charge in [0.2, 0.25) is 5.91 Å². The third kappa shape index (κ3) is 3.41. The molecule has 27 heavy (non-hydrogen) atoms. The van der Waals surface area contributed by atoms with Crippen LogP contribution in [0.15, 0.2) is 54.6 Å². The molecule has 2 aliphatic rings. The van der Waals surface area contributed by atoms with Gasteiger partial charge in [0, 0.05) is 17.4 Å². The molecule has 0 aromatic heterocycles. The topological polar surface area (TPSA) is 40.6 Å². The summed E-state index contributed by atoms with van der Waals surface area (Å²) in [5.74, 6) is -0.230. The molecule has 2 fully saturated rings. The molecule has 1 saturated carbocycles. The lowest BCUT2D eigenvalue weighted by atomic mass is 9.80. The SMILES string of the molecule is Cc1ccccc1CN1C(=O)N(c2ccccc2)C(=O)C2CC(Br)CCC21. The van der Waals surface area contributed by atoms with Crippen molar-refractivity contribution in [1.29, 1.82) is 0 Å². The van der Waals surface area contributed by atoms with E-state index in [1.54, 1.807) is 0 Å². The maximum absolute atomic E-state index is 13.4. The zero-order valence-corrected chi connectivity index (χ0v) is 16.9. The minimum absolute atomic E-state index is 0.0293. The molecule has 2 aromatic rings. The van der Waals surface area contributed by atoms with Crippen molar-refractivity contribution in [2.45, 2.75) is 43.6 Å². The first kappa shape index (κ1) is 18.2. The highest BCUT2D eigenvalue weighted by molar-refractivity contribution is 9.09. The van der Waals surface area contributed by atoms with E-state index < -0.39 is 0 Å². The Morgan fingerprint density at radius 2 is 1.70 bits per heavy atom. The van der Waals surface area contributed by atoms with E-state index in [4.69, 9.17) is 0 Å². The number of benzene rings is 2. The number of imide groups is 1. The number of para-hydroxylation sites is 1. The van der Waals surface area contributed by atoms with Gasteiger partial charge >= 0.3 is 6.03 Å². The predicted octanol–water partition coefficient (Wildman–Crippen LogP) is 4.90. The van der Waals surface area contributed by atoms with Crippen LogP contribution in [0.4, 0.5) is 10.5 Å². The smallest absolute Gasteiger partial charge is 0.316 e. The summed E-state index contributed by atoms with van der Waals surface area (Å²) in [4.78, 5) is 30.3. The number of urea groups is 1. The van der Waals surface area contributed by atoms with Crippen LogP contribution in [-0.2, 0) is 11.3 Å². The third-order valence-corrected chi connectivity index (χ3v) is 6.57. The molecule has 0 radical (unpaired) electrons. The number of amides is 3. The average Bonchev–Trinajstić information content (AvgIpc) is 2.68. The van der Waals surface area contributed by atoms with Crippen molar-refractivity contribution >= 4 is 33.6 Å². The fraction of sp³-hybridized carbons (Fsp3) is 0.364. The normalized spacial score (nSPS) is 25.5. The van der Waals surface area contributed by atoms with Crippen molar-refractivity contribution in [3.63, 3.8) is 0 Å². The molecule has 0 bridgehead atoms. The van der Waals surface area contributed by atoms with Gasteiger partial charge in [-0.05, 0) is 49.4 Å². The molecule has 5 heteroatoms. The van der Waals surface area contributed by atoms with Crippen LogP contribution in [0, 0.1) is 12.8 Å². The molecule has 2 aromatic carbocycles. The molecular formula is C22H23BrN2O2. The van der Waals surface area contributed by atoms with Gasteiger partial charge in [-0.15, -0.1) is 0 Å². The van der Waals surface area contributed by atoms with E-state index in [9.17, 15) is 9.59 Å². The number of alkyl halides is 1. The molecule has 3 atom stereocenters. The summed E-state index contributed by atoms with van der Waals surface area (Å²) >= 11 is 3.69. The van der Waals surface area contributed by atoms with Crippen LogP contribution in [0.25, 0.3) is 0 Å². The Hall–Kier alpha value is -2.14. The van der Waals surface area contributed by atoms with E-state index >= 15 is 0 Å². The predicted molar refractivity (Wildman–Crippen MR) is 110 cm³/mol. The minimum atomic E-state index is -0.205. The summed E-state index contributed by atoms with van der Waals surface area (Å²) < 4.78 is 0. The second-order valence-electron chi connectivity index (χ2n) is 7.43. The lowest BCUT2D eigenvalue weighted by Crippen LogP contribution is -2.63.